The molecule has 0 spiro atoms. The maximum Gasteiger partial charge on any atom is 0.0765 e. The third-order valence-corrected chi connectivity index (χ3v) is 3.07. The topological polar surface area (TPSA) is 42.7 Å². The number of hydrogen-bond acceptors (Lipinski definition) is 3. The van der Waals surface area contributed by atoms with Crippen LogP contribution in [0.4, 0.5) is 0 Å². The summed E-state index contributed by atoms with van der Waals surface area (Å²) < 4.78 is 1.94. The molecule has 0 aliphatic carbocycles. The van der Waals surface area contributed by atoms with E-state index in [0.29, 0.717) is 0 Å². The van der Waals surface area contributed by atoms with Gasteiger partial charge in [-0.3, -0.25) is 9.67 Å². The highest BCUT2D eigenvalue weighted by Gasteiger charge is 2.19. The van der Waals surface area contributed by atoms with Gasteiger partial charge in [-0.2, -0.15) is 5.10 Å². The highest BCUT2D eigenvalue weighted by atomic mass is 15.3. The molecule has 0 saturated heterocycles. The van der Waals surface area contributed by atoms with Crippen LogP contribution in [0.1, 0.15) is 36.2 Å². The summed E-state index contributed by atoms with van der Waals surface area (Å²) in [4.78, 5) is 4.21. The summed E-state index contributed by atoms with van der Waals surface area (Å²) in [6.45, 7) is 5.24. The fourth-order valence-electron chi connectivity index (χ4n) is 2.18. The number of nitrogens with one attached hydrogen (secondary N) is 1. The first-order valence-electron chi connectivity index (χ1n) is 6.35. The van der Waals surface area contributed by atoms with Crippen molar-refractivity contribution in [2.24, 2.45) is 7.05 Å². The summed E-state index contributed by atoms with van der Waals surface area (Å²) in [5.74, 6) is 0. The largest absolute Gasteiger partial charge is 0.305 e. The quantitative estimate of drug-likeness (QED) is 0.877. The molecule has 1 unspecified atom stereocenters. The molecule has 2 rings (SSSR count). The third-order valence-electron chi connectivity index (χ3n) is 3.07. The second-order valence-corrected chi connectivity index (χ2v) is 4.51. The molecule has 2 aromatic heterocycles. The Morgan fingerprint density at radius 3 is 2.78 bits per heavy atom. The van der Waals surface area contributed by atoms with Crippen molar-refractivity contribution in [3.05, 3.63) is 47.5 Å². The van der Waals surface area contributed by atoms with Crippen molar-refractivity contribution in [2.45, 2.75) is 26.3 Å². The Kier molecular flexibility index (Phi) is 4.10. The fourth-order valence-corrected chi connectivity index (χ4v) is 2.18. The summed E-state index contributed by atoms with van der Waals surface area (Å²) in [6, 6.07) is 4.24. The first-order valence-corrected chi connectivity index (χ1v) is 6.35. The third kappa shape index (κ3) is 2.59. The van der Waals surface area contributed by atoms with Crippen molar-refractivity contribution in [1.82, 2.24) is 20.1 Å². The van der Waals surface area contributed by atoms with E-state index >= 15 is 0 Å². The van der Waals surface area contributed by atoms with Crippen molar-refractivity contribution < 1.29 is 0 Å². The molecule has 0 saturated carbocycles. The molecule has 0 fully saturated rings. The zero-order valence-corrected chi connectivity index (χ0v) is 11.2. The number of rotatable bonds is 5. The molecule has 0 amide bonds. The normalized spacial score (nSPS) is 12.6. The maximum atomic E-state index is 4.33. The van der Waals surface area contributed by atoms with E-state index in [2.05, 4.69) is 35.3 Å². The van der Waals surface area contributed by atoms with Crippen molar-refractivity contribution in [3.8, 4) is 0 Å². The lowest BCUT2D eigenvalue weighted by Crippen LogP contribution is -2.26. The van der Waals surface area contributed by atoms with Crippen LogP contribution >= 0.6 is 0 Å². The molecule has 0 aliphatic rings. The van der Waals surface area contributed by atoms with Gasteiger partial charge >= 0.3 is 0 Å². The minimum absolute atomic E-state index is 0.158. The molecule has 1 atom stereocenters. The average molecular weight is 244 g/mol. The molecule has 2 heterocycles. The summed E-state index contributed by atoms with van der Waals surface area (Å²) in [7, 11) is 1.99. The maximum absolute atomic E-state index is 4.33. The Balaban J connectivity index is 2.37. The van der Waals surface area contributed by atoms with Crippen molar-refractivity contribution in [1.29, 1.82) is 0 Å². The molecule has 0 aromatic carbocycles. The second kappa shape index (κ2) is 5.78. The van der Waals surface area contributed by atoms with E-state index in [4.69, 9.17) is 0 Å². The molecule has 2 aromatic rings. The predicted octanol–water partition coefficient (Wildman–Crippen LogP) is 2.21. The van der Waals surface area contributed by atoms with E-state index < -0.39 is 0 Å². The van der Waals surface area contributed by atoms with E-state index in [1.807, 2.05) is 30.2 Å². The van der Waals surface area contributed by atoms with Gasteiger partial charge in [0.2, 0.25) is 0 Å². The van der Waals surface area contributed by atoms with Gasteiger partial charge in [0.05, 0.1) is 17.9 Å². The predicted molar refractivity (Wildman–Crippen MR) is 72.3 cm³/mol. The summed E-state index contributed by atoms with van der Waals surface area (Å²) >= 11 is 0. The SMILES string of the molecule is CCCNC(c1cccnc1)c1c(C)cnn1C. The lowest BCUT2D eigenvalue weighted by Gasteiger charge is -2.20. The zero-order valence-electron chi connectivity index (χ0n) is 11.2. The highest BCUT2D eigenvalue weighted by Crippen LogP contribution is 2.23. The van der Waals surface area contributed by atoms with E-state index in [1.165, 1.54) is 16.8 Å². The smallest absolute Gasteiger partial charge is 0.0765 e. The molecular weight excluding hydrogens is 224 g/mol. The number of pyridine rings is 1. The number of aromatic nitrogens is 3. The number of hydrogen-bond donors (Lipinski definition) is 1. The van der Waals surface area contributed by atoms with E-state index in [9.17, 15) is 0 Å². The van der Waals surface area contributed by atoms with Crippen LogP contribution in [-0.2, 0) is 7.05 Å². The first kappa shape index (κ1) is 12.8. The van der Waals surface area contributed by atoms with Crippen LogP contribution in [0.2, 0.25) is 0 Å². The van der Waals surface area contributed by atoms with Crippen molar-refractivity contribution in [3.63, 3.8) is 0 Å². The van der Waals surface area contributed by atoms with Gasteiger partial charge in [-0.05, 0) is 37.1 Å². The van der Waals surface area contributed by atoms with Crippen LogP contribution < -0.4 is 5.32 Å². The fraction of sp³-hybridized carbons (Fsp3) is 0.429. The van der Waals surface area contributed by atoms with Gasteiger partial charge in [0.25, 0.3) is 0 Å². The number of aryl methyl sites for hydroxylation is 2. The van der Waals surface area contributed by atoms with E-state index in [-0.39, 0.29) is 6.04 Å². The van der Waals surface area contributed by atoms with Crippen LogP contribution in [0.3, 0.4) is 0 Å². The van der Waals surface area contributed by atoms with E-state index in [1.54, 1.807) is 6.20 Å². The molecule has 1 N–H and O–H groups in total. The lowest BCUT2D eigenvalue weighted by molar-refractivity contribution is 0.550. The summed E-state index contributed by atoms with van der Waals surface area (Å²) in [5.41, 5.74) is 3.59. The average Bonchev–Trinajstić information content (AvgIpc) is 2.72. The molecular formula is C14H20N4. The van der Waals surface area contributed by atoms with Gasteiger partial charge in [0, 0.05) is 19.4 Å². The van der Waals surface area contributed by atoms with Gasteiger partial charge in [0.15, 0.2) is 0 Å². The van der Waals surface area contributed by atoms with Crippen LogP contribution in [0.5, 0.6) is 0 Å². The Morgan fingerprint density at radius 1 is 1.39 bits per heavy atom. The van der Waals surface area contributed by atoms with Gasteiger partial charge in [-0.15, -0.1) is 0 Å². The molecule has 96 valence electrons. The van der Waals surface area contributed by atoms with Crippen molar-refractivity contribution in [2.75, 3.05) is 6.54 Å². The zero-order chi connectivity index (χ0) is 13.0. The molecule has 0 bridgehead atoms. The molecule has 0 radical (unpaired) electrons. The Morgan fingerprint density at radius 2 is 2.22 bits per heavy atom. The minimum Gasteiger partial charge on any atom is -0.305 e. The van der Waals surface area contributed by atoms with Gasteiger partial charge < -0.3 is 5.32 Å². The van der Waals surface area contributed by atoms with E-state index in [0.717, 1.165) is 13.0 Å². The van der Waals surface area contributed by atoms with Gasteiger partial charge in [0.1, 0.15) is 0 Å². The van der Waals surface area contributed by atoms with Crippen LogP contribution in [0.25, 0.3) is 0 Å². The Labute approximate surface area is 108 Å². The summed E-state index contributed by atoms with van der Waals surface area (Å²) in [6.07, 6.45) is 6.73. The monoisotopic (exact) mass is 244 g/mol. The Hall–Kier alpha value is -1.68. The highest BCUT2D eigenvalue weighted by molar-refractivity contribution is 5.30. The molecule has 0 aliphatic heterocycles. The molecule has 4 nitrogen and oxygen atoms in total. The van der Waals surface area contributed by atoms with Crippen LogP contribution in [-0.4, -0.2) is 21.3 Å². The minimum atomic E-state index is 0.158. The van der Waals surface area contributed by atoms with Gasteiger partial charge in [-0.25, -0.2) is 0 Å². The van der Waals surface area contributed by atoms with Crippen molar-refractivity contribution >= 4 is 0 Å². The Bertz CT molecular complexity index is 470. The molecule has 4 heteroatoms. The number of nitrogens with zero attached hydrogens (tertiary/aromatic N) is 3. The lowest BCUT2D eigenvalue weighted by atomic mass is 10.0. The first-order chi connectivity index (χ1) is 8.74. The standard InChI is InChI=1S/C14H20N4/c1-4-7-16-13(12-6-5-8-15-10-12)14-11(2)9-17-18(14)3/h5-6,8-10,13,16H,4,7H2,1-3H3. The van der Waals surface area contributed by atoms with Crippen LogP contribution in [0, 0.1) is 6.92 Å². The summed E-state index contributed by atoms with van der Waals surface area (Å²) in [5, 5.41) is 7.90. The molecule has 18 heavy (non-hydrogen) atoms. The van der Waals surface area contributed by atoms with Gasteiger partial charge in [-0.1, -0.05) is 13.0 Å². The second-order valence-electron chi connectivity index (χ2n) is 4.51. The van der Waals surface area contributed by atoms with Crippen LogP contribution in [0.15, 0.2) is 30.7 Å².